The number of nitrogens with zero attached hydrogens (tertiary/aromatic N) is 3. The van der Waals surface area contributed by atoms with Gasteiger partial charge in [-0.3, -0.25) is 0 Å². The van der Waals surface area contributed by atoms with Gasteiger partial charge in [0.1, 0.15) is 11.4 Å². The van der Waals surface area contributed by atoms with Gasteiger partial charge < -0.3 is 14.5 Å². The second-order valence-electron chi connectivity index (χ2n) is 7.32. The maximum atomic E-state index is 12.4. The first kappa shape index (κ1) is 16.6. The van der Waals surface area contributed by atoms with Crippen molar-refractivity contribution >= 4 is 27.8 Å². The Hall–Kier alpha value is -1.30. The molecule has 1 saturated heterocycles. The van der Waals surface area contributed by atoms with Crippen molar-refractivity contribution in [3.63, 3.8) is 0 Å². The van der Waals surface area contributed by atoms with Crippen molar-refractivity contribution in [1.29, 1.82) is 0 Å². The molecule has 1 aliphatic carbocycles. The third-order valence-electron chi connectivity index (χ3n) is 4.51. The van der Waals surface area contributed by atoms with E-state index in [1.165, 1.54) is 0 Å². The lowest BCUT2D eigenvalue weighted by Gasteiger charge is -2.29. The molecule has 0 N–H and O–H groups in total. The minimum absolute atomic E-state index is 0.187. The molecule has 2 aliphatic rings. The summed E-state index contributed by atoms with van der Waals surface area (Å²) in [5.41, 5.74) is -0.443. The number of amides is 1. The zero-order valence-corrected chi connectivity index (χ0v) is 15.7. The van der Waals surface area contributed by atoms with E-state index in [0.717, 1.165) is 23.4 Å². The fourth-order valence-corrected chi connectivity index (χ4v) is 3.72. The highest BCUT2D eigenvalue weighted by atomic mass is 79.9. The Balaban J connectivity index is 1.60. The van der Waals surface area contributed by atoms with Crippen molar-refractivity contribution < 1.29 is 9.53 Å². The van der Waals surface area contributed by atoms with Crippen LogP contribution < -0.4 is 4.90 Å². The molecule has 0 aromatic carbocycles. The molecule has 3 rings (SSSR count). The summed E-state index contributed by atoms with van der Waals surface area (Å²) >= 11 is 3.41. The van der Waals surface area contributed by atoms with Crippen LogP contribution in [-0.4, -0.2) is 47.3 Å². The summed E-state index contributed by atoms with van der Waals surface area (Å²) in [5.74, 6) is 2.08. The molecule has 0 bridgehead atoms. The first-order chi connectivity index (χ1) is 10.8. The maximum Gasteiger partial charge on any atom is 0.410 e. The summed E-state index contributed by atoms with van der Waals surface area (Å²) in [4.78, 5) is 21.0. The molecule has 0 spiro atoms. The van der Waals surface area contributed by atoms with Gasteiger partial charge in [-0.1, -0.05) is 0 Å². The van der Waals surface area contributed by atoms with Gasteiger partial charge in [0.05, 0.1) is 0 Å². The summed E-state index contributed by atoms with van der Waals surface area (Å²) in [5, 5.41) is 0. The molecular weight excluding hydrogens is 358 g/mol. The highest BCUT2D eigenvalue weighted by molar-refractivity contribution is 9.10. The summed E-state index contributed by atoms with van der Waals surface area (Å²) < 4.78 is 6.53. The topological polar surface area (TPSA) is 45.7 Å². The average Bonchev–Trinajstić information content (AvgIpc) is 2.93. The number of carbonyl (C=O) groups is 1. The SMILES string of the molecule is CCN(C(=O)OC(C)(C)C)C1C2CN(c3ccc(Br)cn3)C[C@@H]21. The maximum absolute atomic E-state index is 12.4. The molecule has 1 aromatic rings. The Morgan fingerprint density at radius 1 is 1.39 bits per heavy atom. The van der Waals surface area contributed by atoms with Gasteiger partial charge in [0, 0.05) is 48.2 Å². The van der Waals surface area contributed by atoms with Gasteiger partial charge in [0.2, 0.25) is 0 Å². The van der Waals surface area contributed by atoms with E-state index in [1.807, 2.05) is 50.9 Å². The van der Waals surface area contributed by atoms with Crippen LogP contribution >= 0.6 is 15.9 Å². The number of piperidine rings is 1. The van der Waals surface area contributed by atoms with Crippen LogP contribution in [-0.2, 0) is 4.74 Å². The predicted molar refractivity (Wildman–Crippen MR) is 93.5 cm³/mol. The minimum atomic E-state index is -0.443. The van der Waals surface area contributed by atoms with E-state index >= 15 is 0 Å². The summed E-state index contributed by atoms with van der Waals surface area (Å²) in [6.45, 7) is 10.4. The van der Waals surface area contributed by atoms with Crippen molar-refractivity contribution in [3.05, 3.63) is 22.8 Å². The van der Waals surface area contributed by atoms with Crippen molar-refractivity contribution in [2.24, 2.45) is 11.8 Å². The Morgan fingerprint density at radius 3 is 2.52 bits per heavy atom. The van der Waals surface area contributed by atoms with E-state index in [-0.39, 0.29) is 6.09 Å². The van der Waals surface area contributed by atoms with Gasteiger partial charge in [-0.25, -0.2) is 9.78 Å². The summed E-state index contributed by atoms with van der Waals surface area (Å²) in [6, 6.07) is 4.37. The molecule has 1 amide bonds. The van der Waals surface area contributed by atoms with Crippen LogP contribution in [0.25, 0.3) is 0 Å². The quantitative estimate of drug-likeness (QED) is 0.802. The number of rotatable bonds is 3. The number of ether oxygens (including phenoxy) is 1. The lowest BCUT2D eigenvalue weighted by atomic mass is 10.2. The lowest BCUT2D eigenvalue weighted by Crippen LogP contribution is -2.42. The van der Waals surface area contributed by atoms with E-state index in [9.17, 15) is 4.79 Å². The number of hydrogen-bond donors (Lipinski definition) is 0. The summed E-state index contributed by atoms with van der Waals surface area (Å²) in [7, 11) is 0. The number of pyridine rings is 1. The van der Waals surface area contributed by atoms with Crippen LogP contribution in [0, 0.1) is 11.8 Å². The monoisotopic (exact) mass is 381 g/mol. The van der Waals surface area contributed by atoms with E-state index in [1.54, 1.807) is 0 Å². The Labute approximate surface area is 146 Å². The third-order valence-corrected chi connectivity index (χ3v) is 4.98. The standard InChI is InChI=1S/C17H24BrN3O2/c1-5-21(16(22)23-17(2,3)4)15-12-9-20(10-13(12)15)14-7-6-11(18)8-19-14/h6-8,12-13,15H,5,9-10H2,1-4H3/t12-,13?,15?/m0/s1. The van der Waals surface area contributed by atoms with E-state index in [2.05, 4.69) is 25.8 Å². The average molecular weight is 382 g/mol. The molecule has 2 unspecified atom stereocenters. The van der Waals surface area contributed by atoms with Crippen molar-refractivity contribution in [2.75, 3.05) is 24.5 Å². The number of aromatic nitrogens is 1. The Kier molecular flexibility index (Phi) is 4.29. The molecule has 126 valence electrons. The number of fused-ring (bicyclic) bond motifs is 1. The molecule has 2 fully saturated rings. The Bertz CT molecular complexity index is 572. The van der Waals surface area contributed by atoms with Gasteiger partial charge in [-0.2, -0.15) is 0 Å². The molecule has 0 radical (unpaired) electrons. The molecule has 1 aromatic heterocycles. The van der Waals surface area contributed by atoms with Gasteiger partial charge >= 0.3 is 6.09 Å². The number of halogens is 1. The first-order valence-corrected chi connectivity index (χ1v) is 8.95. The van der Waals surface area contributed by atoms with Gasteiger partial charge in [0.15, 0.2) is 0 Å². The van der Waals surface area contributed by atoms with Crippen LogP contribution in [0.2, 0.25) is 0 Å². The summed E-state index contributed by atoms with van der Waals surface area (Å²) in [6.07, 6.45) is 1.64. The van der Waals surface area contributed by atoms with E-state index in [4.69, 9.17) is 4.74 Å². The molecule has 2 heterocycles. The van der Waals surface area contributed by atoms with Crippen molar-refractivity contribution in [1.82, 2.24) is 9.88 Å². The third kappa shape index (κ3) is 3.47. The molecule has 3 atom stereocenters. The van der Waals surface area contributed by atoms with Gasteiger partial charge in [-0.15, -0.1) is 0 Å². The van der Waals surface area contributed by atoms with Gasteiger partial charge in [0.25, 0.3) is 0 Å². The molecular formula is C17H24BrN3O2. The fourth-order valence-electron chi connectivity index (χ4n) is 3.48. The number of carbonyl (C=O) groups excluding carboxylic acids is 1. The van der Waals surface area contributed by atoms with Crippen molar-refractivity contribution in [2.45, 2.75) is 39.3 Å². The zero-order valence-electron chi connectivity index (χ0n) is 14.1. The van der Waals surface area contributed by atoms with Crippen LogP contribution in [0.15, 0.2) is 22.8 Å². The van der Waals surface area contributed by atoms with Crippen LogP contribution in [0.4, 0.5) is 10.6 Å². The smallest absolute Gasteiger partial charge is 0.410 e. The van der Waals surface area contributed by atoms with Crippen LogP contribution in [0.5, 0.6) is 0 Å². The normalized spacial score (nSPS) is 26.0. The predicted octanol–water partition coefficient (Wildman–Crippen LogP) is 3.54. The fraction of sp³-hybridized carbons (Fsp3) is 0.647. The second-order valence-corrected chi connectivity index (χ2v) is 8.24. The molecule has 6 heteroatoms. The molecule has 1 saturated carbocycles. The first-order valence-electron chi connectivity index (χ1n) is 8.16. The molecule has 5 nitrogen and oxygen atoms in total. The van der Waals surface area contributed by atoms with Crippen molar-refractivity contribution in [3.8, 4) is 0 Å². The van der Waals surface area contributed by atoms with Crippen LogP contribution in [0.1, 0.15) is 27.7 Å². The van der Waals surface area contributed by atoms with Gasteiger partial charge in [-0.05, 0) is 55.8 Å². The van der Waals surface area contributed by atoms with E-state index in [0.29, 0.717) is 24.4 Å². The highest BCUT2D eigenvalue weighted by Gasteiger charge is 2.59. The lowest BCUT2D eigenvalue weighted by molar-refractivity contribution is 0.0225. The zero-order chi connectivity index (χ0) is 16.8. The second kappa shape index (κ2) is 5.96. The highest BCUT2D eigenvalue weighted by Crippen LogP contribution is 2.50. The van der Waals surface area contributed by atoms with Crippen LogP contribution in [0.3, 0.4) is 0 Å². The number of hydrogen-bond acceptors (Lipinski definition) is 4. The minimum Gasteiger partial charge on any atom is -0.444 e. The molecule has 1 aliphatic heterocycles. The largest absolute Gasteiger partial charge is 0.444 e. The Morgan fingerprint density at radius 2 is 2.04 bits per heavy atom. The van der Waals surface area contributed by atoms with E-state index < -0.39 is 5.60 Å². The molecule has 23 heavy (non-hydrogen) atoms. The number of anilines is 1.